The normalized spacial score (nSPS) is 20.9. The van der Waals surface area contributed by atoms with Gasteiger partial charge in [-0.2, -0.15) is 0 Å². The Labute approximate surface area is 102 Å². The van der Waals surface area contributed by atoms with Gasteiger partial charge in [-0.15, -0.1) is 0 Å². The van der Waals surface area contributed by atoms with Crippen molar-refractivity contribution in [3.8, 4) is 0 Å². The Morgan fingerprint density at radius 2 is 2.41 bits per heavy atom. The lowest BCUT2D eigenvalue weighted by Gasteiger charge is -2.22. The number of nitrogens with one attached hydrogen (secondary N) is 1. The second-order valence-corrected chi connectivity index (χ2v) is 5.01. The van der Waals surface area contributed by atoms with E-state index in [1.807, 2.05) is 0 Å². The highest BCUT2D eigenvalue weighted by Crippen LogP contribution is 2.14. The van der Waals surface area contributed by atoms with Gasteiger partial charge >= 0.3 is 0 Å². The van der Waals surface area contributed by atoms with Gasteiger partial charge in [0.2, 0.25) is 0 Å². The van der Waals surface area contributed by atoms with E-state index in [4.69, 9.17) is 4.98 Å². The first-order chi connectivity index (χ1) is 8.33. The van der Waals surface area contributed by atoms with Crippen molar-refractivity contribution in [3.05, 3.63) is 35.8 Å². The summed E-state index contributed by atoms with van der Waals surface area (Å²) in [7, 11) is 0. The molecule has 3 nitrogen and oxygen atoms in total. The SMILES string of the molecule is Cc1cccn2cc(C[C@@H]3CCCCN3)nc12. The molecule has 3 heteroatoms. The van der Waals surface area contributed by atoms with Gasteiger partial charge in [-0.1, -0.05) is 12.5 Å². The van der Waals surface area contributed by atoms with Crippen molar-refractivity contribution in [1.82, 2.24) is 14.7 Å². The van der Waals surface area contributed by atoms with Gasteiger partial charge in [0.25, 0.3) is 0 Å². The highest BCUT2D eigenvalue weighted by Gasteiger charge is 2.14. The minimum atomic E-state index is 0.619. The molecule has 0 bridgehead atoms. The van der Waals surface area contributed by atoms with Gasteiger partial charge in [-0.25, -0.2) is 4.98 Å². The van der Waals surface area contributed by atoms with Crippen molar-refractivity contribution in [2.75, 3.05) is 6.54 Å². The quantitative estimate of drug-likeness (QED) is 0.856. The lowest BCUT2D eigenvalue weighted by molar-refractivity contribution is 0.397. The molecule has 0 amide bonds. The van der Waals surface area contributed by atoms with Crippen LogP contribution in [0.15, 0.2) is 24.5 Å². The summed E-state index contributed by atoms with van der Waals surface area (Å²) in [6, 6.07) is 4.81. The third-order valence-corrected chi connectivity index (χ3v) is 3.60. The van der Waals surface area contributed by atoms with Crippen LogP contribution in [0.2, 0.25) is 0 Å². The molecule has 2 aromatic rings. The zero-order valence-electron chi connectivity index (χ0n) is 10.3. The summed E-state index contributed by atoms with van der Waals surface area (Å²) in [5, 5.41) is 3.58. The zero-order chi connectivity index (χ0) is 11.7. The third kappa shape index (κ3) is 2.20. The van der Waals surface area contributed by atoms with Gasteiger partial charge in [-0.3, -0.25) is 0 Å². The van der Waals surface area contributed by atoms with Crippen molar-refractivity contribution >= 4 is 5.65 Å². The molecule has 0 aliphatic carbocycles. The van der Waals surface area contributed by atoms with Gasteiger partial charge in [0.05, 0.1) is 5.69 Å². The lowest BCUT2D eigenvalue weighted by atomic mass is 10.0. The third-order valence-electron chi connectivity index (χ3n) is 3.60. The van der Waals surface area contributed by atoms with Gasteiger partial charge in [0.15, 0.2) is 0 Å². The first-order valence-electron chi connectivity index (χ1n) is 6.49. The molecule has 1 fully saturated rings. The van der Waals surface area contributed by atoms with Crippen molar-refractivity contribution in [2.45, 2.75) is 38.6 Å². The number of fused-ring (bicyclic) bond motifs is 1. The van der Waals surface area contributed by atoms with Crippen LogP contribution in [-0.4, -0.2) is 22.0 Å². The maximum atomic E-state index is 4.73. The molecular formula is C14H19N3. The lowest BCUT2D eigenvalue weighted by Crippen LogP contribution is -2.35. The molecule has 1 aliphatic rings. The van der Waals surface area contributed by atoms with Gasteiger partial charge in [-0.05, 0) is 37.9 Å². The number of nitrogens with zero attached hydrogens (tertiary/aromatic N) is 2. The summed E-state index contributed by atoms with van der Waals surface area (Å²) in [4.78, 5) is 4.73. The molecule has 90 valence electrons. The van der Waals surface area contributed by atoms with E-state index in [-0.39, 0.29) is 0 Å². The van der Waals surface area contributed by atoms with Crippen LogP contribution < -0.4 is 5.32 Å². The second kappa shape index (κ2) is 4.49. The van der Waals surface area contributed by atoms with Crippen LogP contribution in [0, 0.1) is 6.92 Å². The van der Waals surface area contributed by atoms with E-state index in [2.05, 4.69) is 41.2 Å². The number of hydrogen-bond acceptors (Lipinski definition) is 2. The topological polar surface area (TPSA) is 29.3 Å². The van der Waals surface area contributed by atoms with Crippen LogP contribution in [0.3, 0.4) is 0 Å². The Morgan fingerprint density at radius 1 is 1.47 bits per heavy atom. The maximum Gasteiger partial charge on any atom is 0.139 e. The predicted molar refractivity (Wildman–Crippen MR) is 69.3 cm³/mol. The molecule has 0 radical (unpaired) electrons. The average Bonchev–Trinajstić information content (AvgIpc) is 2.74. The Bertz CT molecular complexity index is 509. The van der Waals surface area contributed by atoms with Crippen LogP contribution >= 0.6 is 0 Å². The largest absolute Gasteiger partial charge is 0.314 e. The summed E-state index contributed by atoms with van der Waals surface area (Å²) in [6.45, 7) is 3.28. The molecule has 1 atom stereocenters. The first kappa shape index (κ1) is 10.8. The Kier molecular flexibility index (Phi) is 2.85. The minimum Gasteiger partial charge on any atom is -0.314 e. The molecule has 1 aliphatic heterocycles. The fourth-order valence-electron chi connectivity index (χ4n) is 2.65. The van der Waals surface area contributed by atoms with Gasteiger partial charge in [0, 0.05) is 24.9 Å². The number of piperidine rings is 1. The number of hydrogen-bond donors (Lipinski definition) is 1. The molecule has 17 heavy (non-hydrogen) atoms. The molecule has 0 spiro atoms. The zero-order valence-corrected chi connectivity index (χ0v) is 10.3. The Hall–Kier alpha value is -1.35. The van der Waals surface area contributed by atoms with E-state index < -0.39 is 0 Å². The summed E-state index contributed by atoms with van der Waals surface area (Å²) >= 11 is 0. The average molecular weight is 229 g/mol. The molecule has 1 saturated heterocycles. The fraction of sp³-hybridized carbons (Fsp3) is 0.500. The molecule has 0 saturated carbocycles. The number of aromatic nitrogens is 2. The van der Waals surface area contributed by atoms with Crippen molar-refractivity contribution < 1.29 is 0 Å². The molecule has 2 aromatic heterocycles. The van der Waals surface area contributed by atoms with E-state index in [1.54, 1.807) is 0 Å². The molecule has 1 N–H and O–H groups in total. The minimum absolute atomic E-state index is 0.619. The van der Waals surface area contributed by atoms with E-state index in [0.29, 0.717) is 6.04 Å². The predicted octanol–water partition coefficient (Wildman–Crippen LogP) is 2.33. The van der Waals surface area contributed by atoms with E-state index in [9.17, 15) is 0 Å². The summed E-state index contributed by atoms with van der Waals surface area (Å²) in [5.74, 6) is 0. The molecular weight excluding hydrogens is 210 g/mol. The Morgan fingerprint density at radius 3 is 3.18 bits per heavy atom. The summed E-state index contributed by atoms with van der Waals surface area (Å²) < 4.78 is 2.13. The van der Waals surface area contributed by atoms with E-state index in [0.717, 1.165) is 18.6 Å². The number of pyridine rings is 1. The van der Waals surface area contributed by atoms with E-state index >= 15 is 0 Å². The summed E-state index contributed by atoms with van der Waals surface area (Å²) in [6.07, 6.45) is 9.25. The fourth-order valence-corrected chi connectivity index (χ4v) is 2.65. The Balaban J connectivity index is 1.83. The van der Waals surface area contributed by atoms with Crippen molar-refractivity contribution in [3.63, 3.8) is 0 Å². The number of imidazole rings is 1. The van der Waals surface area contributed by atoms with Crippen LogP contribution in [-0.2, 0) is 6.42 Å². The van der Waals surface area contributed by atoms with Crippen LogP contribution in [0.25, 0.3) is 5.65 Å². The van der Waals surface area contributed by atoms with Crippen LogP contribution in [0.1, 0.15) is 30.5 Å². The highest BCUT2D eigenvalue weighted by atomic mass is 15.0. The number of rotatable bonds is 2. The molecule has 0 aromatic carbocycles. The van der Waals surface area contributed by atoms with Gasteiger partial charge < -0.3 is 9.72 Å². The molecule has 3 heterocycles. The van der Waals surface area contributed by atoms with Gasteiger partial charge in [0.1, 0.15) is 5.65 Å². The first-order valence-corrected chi connectivity index (χ1v) is 6.49. The number of aryl methyl sites for hydroxylation is 1. The standard InChI is InChI=1S/C14H19N3/c1-11-5-4-8-17-10-13(16-14(11)17)9-12-6-2-3-7-15-12/h4-5,8,10,12,15H,2-3,6-7,9H2,1H3/t12-/m0/s1. The van der Waals surface area contributed by atoms with Crippen LogP contribution in [0.5, 0.6) is 0 Å². The second-order valence-electron chi connectivity index (χ2n) is 5.01. The van der Waals surface area contributed by atoms with E-state index in [1.165, 1.54) is 30.5 Å². The van der Waals surface area contributed by atoms with Crippen LogP contribution in [0.4, 0.5) is 0 Å². The van der Waals surface area contributed by atoms with Crippen molar-refractivity contribution in [2.24, 2.45) is 0 Å². The molecule has 0 unspecified atom stereocenters. The molecule has 3 rings (SSSR count). The smallest absolute Gasteiger partial charge is 0.139 e. The summed E-state index contributed by atoms with van der Waals surface area (Å²) in [5.41, 5.74) is 3.55. The highest BCUT2D eigenvalue weighted by molar-refractivity contribution is 5.47. The maximum absolute atomic E-state index is 4.73. The van der Waals surface area contributed by atoms with Crippen molar-refractivity contribution in [1.29, 1.82) is 0 Å². The monoisotopic (exact) mass is 229 g/mol.